The van der Waals surface area contributed by atoms with Crippen LogP contribution in [0.2, 0.25) is 0 Å². The zero-order valence-corrected chi connectivity index (χ0v) is 10.5. The molecule has 0 saturated carbocycles. The largest absolute Gasteiger partial charge is 0.427 e. The van der Waals surface area contributed by atoms with Gasteiger partial charge in [-0.1, -0.05) is 18.5 Å². The standard InChI is InChI=1S/C12H22BO2/c1-9-6-7-10(8-9)13-15-12(4,5)11(2,3)14/h7,9,14H,6,8H2,1-5H3. The van der Waals surface area contributed by atoms with Crippen molar-refractivity contribution in [2.24, 2.45) is 5.92 Å². The van der Waals surface area contributed by atoms with E-state index in [9.17, 15) is 5.11 Å². The minimum atomic E-state index is -0.839. The fourth-order valence-corrected chi connectivity index (χ4v) is 1.39. The van der Waals surface area contributed by atoms with Crippen LogP contribution < -0.4 is 0 Å². The lowest BCUT2D eigenvalue weighted by atomic mass is 9.81. The van der Waals surface area contributed by atoms with Gasteiger partial charge in [-0.05, 0) is 46.5 Å². The molecule has 0 heterocycles. The highest BCUT2D eigenvalue weighted by Gasteiger charge is 2.36. The minimum Gasteiger partial charge on any atom is -0.427 e. The van der Waals surface area contributed by atoms with Gasteiger partial charge < -0.3 is 9.76 Å². The van der Waals surface area contributed by atoms with Gasteiger partial charge in [0.05, 0.1) is 11.2 Å². The summed E-state index contributed by atoms with van der Waals surface area (Å²) < 4.78 is 5.68. The number of aliphatic hydroxyl groups is 1. The molecule has 1 N–H and O–H groups in total. The molecule has 1 radical (unpaired) electrons. The Morgan fingerprint density at radius 2 is 2.00 bits per heavy atom. The molecule has 0 amide bonds. The van der Waals surface area contributed by atoms with Gasteiger partial charge in [0.25, 0.3) is 0 Å². The Balaban J connectivity index is 2.43. The third-order valence-corrected chi connectivity index (χ3v) is 3.34. The normalized spacial score (nSPS) is 22.8. The molecule has 1 aliphatic rings. The van der Waals surface area contributed by atoms with E-state index in [-0.39, 0.29) is 0 Å². The van der Waals surface area contributed by atoms with Crippen LogP contribution in [0.4, 0.5) is 0 Å². The fourth-order valence-electron chi connectivity index (χ4n) is 1.39. The molecule has 0 aliphatic heterocycles. The van der Waals surface area contributed by atoms with Gasteiger partial charge in [-0.3, -0.25) is 0 Å². The molecule has 0 saturated heterocycles. The SMILES string of the molecule is CC1CC=C([B]OC(C)(C)C(C)(C)O)C1. The van der Waals surface area contributed by atoms with Crippen LogP contribution in [0.1, 0.15) is 47.5 Å². The molecule has 15 heavy (non-hydrogen) atoms. The lowest BCUT2D eigenvalue weighted by molar-refractivity contribution is -0.0897. The molecule has 1 rings (SSSR count). The van der Waals surface area contributed by atoms with E-state index in [4.69, 9.17) is 4.65 Å². The summed E-state index contributed by atoms with van der Waals surface area (Å²) in [5.74, 6) is 0.727. The maximum atomic E-state index is 9.91. The van der Waals surface area contributed by atoms with Crippen LogP contribution in [0.25, 0.3) is 0 Å². The van der Waals surface area contributed by atoms with Crippen LogP contribution in [-0.4, -0.2) is 23.8 Å². The Bertz CT molecular complexity index is 251. The molecule has 1 aliphatic carbocycles. The van der Waals surface area contributed by atoms with Crippen LogP contribution in [0, 0.1) is 5.92 Å². The Morgan fingerprint density at radius 3 is 2.40 bits per heavy atom. The summed E-state index contributed by atoms with van der Waals surface area (Å²) in [6.45, 7) is 9.59. The van der Waals surface area contributed by atoms with Crippen molar-refractivity contribution in [1.29, 1.82) is 0 Å². The third-order valence-electron chi connectivity index (χ3n) is 3.34. The van der Waals surface area contributed by atoms with E-state index < -0.39 is 11.2 Å². The van der Waals surface area contributed by atoms with E-state index in [1.807, 2.05) is 21.3 Å². The molecule has 0 spiro atoms. The van der Waals surface area contributed by atoms with Gasteiger partial charge in [-0.25, -0.2) is 0 Å². The summed E-state index contributed by atoms with van der Waals surface area (Å²) in [7, 11) is 1.81. The zero-order chi connectivity index (χ0) is 11.7. The number of hydrogen-bond acceptors (Lipinski definition) is 2. The van der Waals surface area contributed by atoms with Gasteiger partial charge in [0.2, 0.25) is 0 Å². The summed E-state index contributed by atoms with van der Waals surface area (Å²) in [6.07, 6.45) is 4.44. The van der Waals surface area contributed by atoms with Gasteiger partial charge in [-0.2, -0.15) is 0 Å². The summed E-state index contributed by atoms with van der Waals surface area (Å²) in [5.41, 5.74) is -0.145. The molecule has 85 valence electrons. The van der Waals surface area contributed by atoms with Gasteiger partial charge in [-0.15, -0.1) is 0 Å². The number of allylic oxidation sites excluding steroid dienone is 2. The maximum Gasteiger partial charge on any atom is 0.326 e. The molecule has 1 unspecified atom stereocenters. The first-order valence-corrected chi connectivity index (χ1v) is 5.65. The van der Waals surface area contributed by atoms with Crippen molar-refractivity contribution in [3.8, 4) is 0 Å². The predicted molar refractivity (Wildman–Crippen MR) is 63.7 cm³/mol. The Labute approximate surface area is 94.0 Å². The maximum absolute atomic E-state index is 9.91. The molecule has 2 nitrogen and oxygen atoms in total. The van der Waals surface area contributed by atoms with Gasteiger partial charge >= 0.3 is 7.48 Å². The van der Waals surface area contributed by atoms with Crippen molar-refractivity contribution >= 4 is 7.48 Å². The first-order valence-electron chi connectivity index (χ1n) is 5.65. The molecule has 0 bridgehead atoms. The molecule has 0 aromatic rings. The fraction of sp³-hybridized carbons (Fsp3) is 0.833. The van der Waals surface area contributed by atoms with Gasteiger partial charge in [0.1, 0.15) is 0 Å². The second-order valence-corrected chi connectivity index (χ2v) is 5.63. The molecule has 0 aromatic carbocycles. The highest BCUT2D eigenvalue weighted by Crippen LogP contribution is 2.28. The molecule has 3 heteroatoms. The van der Waals surface area contributed by atoms with Gasteiger partial charge in [0.15, 0.2) is 0 Å². The van der Waals surface area contributed by atoms with Crippen LogP contribution in [0.5, 0.6) is 0 Å². The lowest BCUT2D eigenvalue weighted by Gasteiger charge is -2.37. The Morgan fingerprint density at radius 1 is 1.40 bits per heavy atom. The van der Waals surface area contributed by atoms with Crippen molar-refractivity contribution < 1.29 is 9.76 Å². The number of rotatable bonds is 4. The minimum absolute atomic E-state index is 0.556. The summed E-state index contributed by atoms with van der Waals surface area (Å²) >= 11 is 0. The molecular weight excluding hydrogens is 187 g/mol. The Hall–Kier alpha value is -0.275. The van der Waals surface area contributed by atoms with Crippen LogP contribution in [0.3, 0.4) is 0 Å². The quantitative estimate of drug-likeness (QED) is 0.720. The molecule has 1 atom stereocenters. The van der Waals surface area contributed by atoms with Gasteiger partial charge in [0, 0.05) is 0 Å². The van der Waals surface area contributed by atoms with Crippen molar-refractivity contribution in [2.45, 2.75) is 58.7 Å². The van der Waals surface area contributed by atoms with E-state index in [0.717, 1.165) is 18.8 Å². The highest BCUT2D eigenvalue weighted by atomic mass is 16.5. The van der Waals surface area contributed by atoms with E-state index >= 15 is 0 Å². The van der Waals surface area contributed by atoms with E-state index in [1.54, 1.807) is 13.8 Å². The summed E-state index contributed by atoms with van der Waals surface area (Å²) in [4.78, 5) is 0. The van der Waals surface area contributed by atoms with E-state index in [0.29, 0.717) is 0 Å². The number of hydrogen-bond donors (Lipinski definition) is 1. The second-order valence-electron chi connectivity index (χ2n) is 5.63. The van der Waals surface area contributed by atoms with Crippen molar-refractivity contribution in [2.75, 3.05) is 0 Å². The summed E-state index contributed by atoms with van der Waals surface area (Å²) in [6, 6.07) is 0. The van der Waals surface area contributed by atoms with Crippen molar-refractivity contribution in [1.82, 2.24) is 0 Å². The van der Waals surface area contributed by atoms with E-state index in [1.165, 1.54) is 5.47 Å². The van der Waals surface area contributed by atoms with Crippen molar-refractivity contribution in [3.05, 3.63) is 11.5 Å². The second kappa shape index (κ2) is 4.30. The predicted octanol–water partition coefficient (Wildman–Crippen LogP) is 2.49. The smallest absolute Gasteiger partial charge is 0.326 e. The van der Waals surface area contributed by atoms with Crippen LogP contribution in [-0.2, 0) is 4.65 Å². The lowest BCUT2D eigenvalue weighted by Crippen LogP contribution is -2.48. The van der Waals surface area contributed by atoms with E-state index in [2.05, 4.69) is 13.0 Å². The van der Waals surface area contributed by atoms with Crippen LogP contribution in [0.15, 0.2) is 11.5 Å². The zero-order valence-electron chi connectivity index (χ0n) is 10.5. The topological polar surface area (TPSA) is 29.5 Å². The average Bonchev–Trinajstić information content (AvgIpc) is 2.46. The molecule has 0 aromatic heterocycles. The monoisotopic (exact) mass is 209 g/mol. The molecule has 0 fully saturated rings. The highest BCUT2D eigenvalue weighted by molar-refractivity contribution is 6.38. The average molecular weight is 209 g/mol. The first-order chi connectivity index (χ1) is 6.72. The molecular formula is C12H22BO2. The third kappa shape index (κ3) is 3.35. The Kier molecular flexibility index (Phi) is 3.67. The van der Waals surface area contributed by atoms with Crippen molar-refractivity contribution in [3.63, 3.8) is 0 Å². The van der Waals surface area contributed by atoms with Crippen LogP contribution >= 0.6 is 0 Å². The first kappa shape index (κ1) is 12.8. The summed E-state index contributed by atoms with van der Waals surface area (Å²) in [5, 5.41) is 9.91.